The summed E-state index contributed by atoms with van der Waals surface area (Å²) in [5.74, 6) is 0.838. The molecule has 88 valence electrons. The first-order chi connectivity index (χ1) is 8.29. The molecule has 0 radical (unpaired) electrons. The van der Waals surface area contributed by atoms with Crippen molar-refractivity contribution < 1.29 is 0 Å². The van der Waals surface area contributed by atoms with Gasteiger partial charge in [0.2, 0.25) is 5.95 Å². The summed E-state index contributed by atoms with van der Waals surface area (Å²) in [6.45, 7) is 5.16. The van der Waals surface area contributed by atoms with Gasteiger partial charge >= 0.3 is 0 Å². The van der Waals surface area contributed by atoms with Crippen molar-refractivity contribution in [2.24, 2.45) is 0 Å². The van der Waals surface area contributed by atoms with E-state index < -0.39 is 0 Å². The summed E-state index contributed by atoms with van der Waals surface area (Å²) in [6.07, 6.45) is 5.53. The summed E-state index contributed by atoms with van der Waals surface area (Å²) in [5.41, 5.74) is 1.13. The second kappa shape index (κ2) is 5.55. The maximum atomic E-state index is 5.92. The van der Waals surface area contributed by atoms with E-state index in [4.69, 9.17) is 11.6 Å². The SMILES string of the molecule is C=CCn1ccnc1NCc1cccc(Cl)c1. The lowest BCUT2D eigenvalue weighted by Gasteiger charge is -2.08. The van der Waals surface area contributed by atoms with Gasteiger partial charge in [0.15, 0.2) is 0 Å². The maximum absolute atomic E-state index is 5.92. The Hall–Kier alpha value is -1.74. The minimum atomic E-state index is 0.703. The normalized spacial score (nSPS) is 10.2. The molecule has 0 amide bonds. The predicted octanol–water partition coefficient (Wildman–Crippen LogP) is 3.33. The van der Waals surface area contributed by atoms with Crippen molar-refractivity contribution >= 4 is 17.5 Å². The molecular weight excluding hydrogens is 234 g/mol. The lowest BCUT2D eigenvalue weighted by Crippen LogP contribution is -2.06. The summed E-state index contributed by atoms with van der Waals surface area (Å²) in [6, 6.07) is 7.77. The molecule has 1 aromatic carbocycles. The number of imidazole rings is 1. The molecule has 3 nitrogen and oxygen atoms in total. The monoisotopic (exact) mass is 247 g/mol. The summed E-state index contributed by atoms with van der Waals surface area (Å²) in [5, 5.41) is 4.02. The van der Waals surface area contributed by atoms with Gasteiger partial charge in [-0.2, -0.15) is 0 Å². The molecule has 0 spiro atoms. The minimum absolute atomic E-state index is 0.703. The summed E-state index contributed by atoms with van der Waals surface area (Å²) >= 11 is 5.92. The number of anilines is 1. The average Bonchev–Trinajstić information content (AvgIpc) is 2.75. The molecule has 1 N–H and O–H groups in total. The smallest absolute Gasteiger partial charge is 0.203 e. The molecule has 0 aliphatic heterocycles. The molecule has 0 fully saturated rings. The van der Waals surface area contributed by atoms with Crippen molar-refractivity contribution in [1.82, 2.24) is 9.55 Å². The highest BCUT2D eigenvalue weighted by atomic mass is 35.5. The first-order valence-electron chi connectivity index (χ1n) is 5.40. The molecule has 4 heteroatoms. The number of allylic oxidation sites excluding steroid dienone is 1. The van der Waals surface area contributed by atoms with E-state index in [1.165, 1.54) is 0 Å². The van der Waals surface area contributed by atoms with Crippen molar-refractivity contribution in [3.05, 3.63) is 59.9 Å². The van der Waals surface area contributed by atoms with Crippen LogP contribution in [0.4, 0.5) is 5.95 Å². The van der Waals surface area contributed by atoms with E-state index in [0.717, 1.165) is 23.1 Å². The average molecular weight is 248 g/mol. The number of nitrogens with zero attached hydrogens (tertiary/aromatic N) is 2. The molecule has 0 bridgehead atoms. The zero-order chi connectivity index (χ0) is 12.1. The first-order valence-corrected chi connectivity index (χ1v) is 5.78. The quantitative estimate of drug-likeness (QED) is 0.822. The fourth-order valence-electron chi connectivity index (χ4n) is 1.59. The molecule has 0 atom stereocenters. The van der Waals surface area contributed by atoms with Crippen LogP contribution in [-0.2, 0) is 13.1 Å². The number of benzene rings is 1. The van der Waals surface area contributed by atoms with Gasteiger partial charge in [-0.3, -0.25) is 0 Å². The molecule has 0 aliphatic rings. The summed E-state index contributed by atoms with van der Waals surface area (Å²) < 4.78 is 2.00. The Morgan fingerprint density at radius 3 is 3.12 bits per heavy atom. The second-order valence-electron chi connectivity index (χ2n) is 3.68. The van der Waals surface area contributed by atoms with Crippen LogP contribution >= 0.6 is 11.6 Å². The van der Waals surface area contributed by atoms with Crippen molar-refractivity contribution in [1.29, 1.82) is 0 Å². The topological polar surface area (TPSA) is 29.9 Å². The molecule has 17 heavy (non-hydrogen) atoms. The van der Waals surface area contributed by atoms with Gasteiger partial charge in [-0.15, -0.1) is 6.58 Å². The molecule has 0 saturated heterocycles. The Labute approximate surface area is 106 Å². The van der Waals surface area contributed by atoms with Gasteiger partial charge < -0.3 is 9.88 Å². The number of nitrogens with one attached hydrogen (secondary N) is 1. The van der Waals surface area contributed by atoms with Crippen LogP contribution in [0.2, 0.25) is 5.02 Å². The third-order valence-electron chi connectivity index (χ3n) is 2.38. The lowest BCUT2D eigenvalue weighted by atomic mass is 10.2. The van der Waals surface area contributed by atoms with Crippen LogP contribution in [0.25, 0.3) is 0 Å². The highest BCUT2D eigenvalue weighted by molar-refractivity contribution is 6.30. The van der Waals surface area contributed by atoms with Crippen LogP contribution in [0, 0.1) is 0 Å². The zero-order valence-electron chi connectivity index (χ0n) is 9.44. The lowest BCUT2D eigenvalue weighted by molar-refractivity contribution is 0.820. The van der Waals surface area contributed by atoms with Crippen LogP contribution in [-0.4, -0.2) is 9.55 Å². The van der Waals surface area contributed by atoms with Crippen molar-refractivity contribution in [3.8, 4) is 0 Å². The van der Waals surface area contributed by atoms with Gasteiger partial charge in [0, 0.05) is 30.5 Å². The Morgan fingerprint density at radius 2 is 2.35 bits per heavy atom. The largest absolute Gasteiger partial charge is 0.352 e. The number of hydrogen-bond donors (Lipinski definition) is 1. The maximum Gasteiger partial charge on any atom is 0.203 e. The van der Waals surface area contributed by atoms with Crippen LogP contribution in [0.15, 0.2) is 49.3 Å². The van der Waals surface area contributed by atoms with Gasteiger partial charge in [0.1, 0.15) is 0 Å². The number of halogens is 1. The third kappa shape index (κ3) is 3.11. The fourth-order valence-corrected chi connectivity index (χ4v) is 1.80. The molecule has 1 heterocycles. The van der Waals surface area contributed by atoms with E-state index in [-0.39, 0.29) is 0 Å². The van der Waals surface area contributed by atoms with Gasteiger partial charge in [-0.05, 0) is 17.7 Å². The molecule has 0 aliphatic carbocycles. The third-order valence-corrected chi connectivity index (χ3v) is 2.62. The van der Waals surface area contributed by atoms with Crippen LogP contribution in [0.5, 0.6) is 0 Å². The first kappa shape index (κ1) is 11.7. The van der Waals surface area contributed by atoms with E-state index in [1.807, 2.05) is 41.1 Å². The zero-order valence-corrected chi connectivity index (χ0v) is 10.2. The van der Waals surface area contributed by atoms with Gasteiger partial charge in [-0.1, -0.05) is 29.8 Å². The highest BCUT2D eigenvalue weighted by Crippen LogP contribution is 2.12. The Bertz CT molecular complexity index is 505. The number of hydrogen-bond acceptors (Lipinski definition) is 2. The Morgan fingerprint density at radius 1 is 1.47 bits per heavy atom. The highest BCUT2D eigenvalue weighted by Gasteiger charge is 2.00. The summed E-state index contributed by atoms with van der Waals surface area (Å²) in [7, 11) is 0. The van der Waals surface area contributed by atoms with Crippen LogP contribution < -0.4 is 5.32 Å². The van der Waals surface area contributed by atoms with E-state index in [0.29, 0.717) is 6.54 Å². The fraction of sp³-hybridized carbons (Fsp3) is 0.154. The minimum Gasteiger partial charge on any atom is -0.352 e. The standard InChI is InChI=1S/C13H14ClN3/c1-2-7-17-8-6-15-13(17)16-10-11-4-3-5-12(14)9-11/h2-6,8-9H,1,7,10H2,(H,15,16). The van der Waals surface area contributed by atoms with E-state index in [2.05, 4.69) is 16.9 Å². The van der Waals surface area contributed by atoms with E-state index in [9.17, 15) is 0 Å². The van der Waals surface area contributed by atoms with Crippen LogP contribution in [0.3, 0.4) is 0 Å². The molecule has 0 unspecified atom stereocenters. The second-order valence-corrected chi connectivity index (χ2v) is 4.11. The van der Waals surface area contributed by atoms with Crippen molar-refractivity contribution in [3.63, 3.8) is 0 Å². The molecule has 2 aromatic rings. The number of aromatic nitrogens is 2. The predicted molar refractivity (Wildman–Crippen MR) is 71.2 cm³/mol. The summed E-state index contributed by atoms with van der Waals surface area (Å²) in [4.78, 5) is 4.24. The molecular formula is C13H14ClN3. The number of rotatable bonds is 5. The van der Waals surface area contributed by atoms with Gasteiger partial charge in [0.05, 0.1) is 0 Å². The van der Waals surface area contributed by atoms with Crippen molar-refractivity contribution in [2.45, 2.75) is 13.1 Å². The van der Waals surface area contributed by atoms with Gasteiger partial charge in [-0.25, -0.2) is 4.98 Å². The van der Waals surface area contributed by atoms with E-state index >= 15 is 0 Å². The molecule has 1 aromatic heterocycles. The van der Waals surface area contributed by atoms with Gasteiger partial charge in [0.25, 0.3) is 0 Å². The Balaban J connectivity index is 2.02. The Kier molecular flexibility index (Phi) is 3.83. The molecule has 2 rings (SSSR count). The molecule has 0 saturated carbocycles. The van der Waals surface area contributed by atoms with Crippen LogP contribution in [0.1, 0.15) is 5.56 Å². The van der Waals surface area contributed by atoms with Crippen molar-refractivity contribution in [2.75, 3.05) is 5.32 Å². The van der Waals surface area contributed by atoms with E-state index in [1.54, 1.807) is 6.20 Å².